The van der Waals surface area contributed by atoms with Crippen molar-refractivity contribution in [1.29, 1.82) is 0 Å². The lowest BCUT2D eigenvalue weighted by molar-refractivity contribution is 0.0366. The Morgan fingerprint density at radius 1 is 1.59 bits per heavy atom. The van der Waals surface area contributed by atoms with Gasteiger partial charge >= 0.3 is 0 Å². The molecule has 1 fully saturated rings. The summed E-state index contributed by atoms with van der Waals surface area (Å²) in [6.07, 6.45) is 3.46. The van der Waals surface area contributed by atoms with Gasteiger partial charge in [-0.3, -0.25) is 0 Å². The van der Waals surface area contributed by atoms with Crippen molar-refractivity contribution in [3.8, 4) is 0 Å². The highest BCUT2D eigenvalue weighted by Crippen LogP contribution is 2.23. The lowest BCUT2D eigenvalue weighted by Crippen LogP contribution is -2.17. The molecule has 1 aliphatic rings. The Morgan fingerprint density at radius 2 is 2.36 bits per heavy atom. The smallest absolute Gasteiger partial charge is 0.238 e. The lowest BCUT2D eigenvalue weighted by Gasteiger charge is -2.13. The molecule has 2 unspecified atom stereocenters. The van der Waals surface area contributed by atoms with Gasteiger partial charge in [0.1, 0.15) is 17.5 Å². The summed E-state index contributed by atoms with van der Waals surface area (Å²) in [6, 6.07) is 0. The molecule has 122 valence electrons. The molecule has 8 heteroatoms. The van der Waals surface area contributed by atoms with Crippen molar-refractivity contribution in [2.75, 3.05) is 18.9 Å². The summed E-state index contributed by atoms with van der Waals surface area (Å²) in [5.74, 6) is 1.34. The maximum absolute atomic E-state index is 12.1. The maximum atomic E-state index is 12.1. The summed E-state index contributed by atoms with van der Waals surface area (Å²) in [5.41, 5.74) is 6.23. The minimum Gasteiger partial charge on any atom is -0.378 e. The number of nitrogens with zero attached hydrogens (tertiary/aromatic N) is 4. The van der Waals surface area contributed by atoms with Gasteiger partial charge in [0.25, 0.3) is 0 Å². The number of ether oxygens (including phenoxy) is 1. The average Bonchev–Trinajstić information content (AvgIpc) is 2.84. The van der Waals surface area contributed by atoms with E-state index in [-0.39, 0.29) is 5.95 Å². The molecule has 0 radical (unpaired) electrons. The van der Waals surface area contributed by atoms with Crippen LogP contribution in [-0.2, 0) is 4.74 Å². The van der Waals surface area contributed by atoms with Crippen molar-refractivity contribution < 1.29 is 9.13 Å². The first-order valence-corrected chi connectivity index (χ1v) is 7.79. The number of hydrogen-bond donors (Lipinski definition) is 1. The Kier molecular flexibility index (Phi) is 5.90. The molecular weight excluding hydrogens is 309 g/mol. The third-order valence-electron chi connectivity index (χ3n) is 3.55. The first kappa shape index (κ1) is 16.9. The summed E-state index contributed by atoms with van der Waals surface area (Å²) in [4.78, 5) is 8.16. The van der Waals surface area contributed by atoms with E-state index in [1.807, 2.05) is 0 Å². The van der Waals surface area contributed by atoms with Crippen LogP contribution >= 0.6 is 11.6 Å². The van der Waals surface area contributed by atoms with E-state index in [1.165, 1.54) is 0 Å². The van der Waals surface area contributed by atoms with Gasteiger partial charge in [-0.15, -0.1) is 5.10 Å². The summed E-state index contributed by atoms with van der Waals surface area (Å²) in [7, 11) is 0. The number of rotatable bonds is 2. The normalized spacial score (nSPS) is 19.5. The summed E-state index contributed by atoms with van der Waals surface area (Å²) in [6.45, 7) is 5.23. The van der Waals surface area contributed by atoms with Crippen LogP contribution in [-0.4, -0.2) is 39.0 Å². The molecule has 0 spiro atoms. The Bertz CT molecular complexity index is 615. The summed E-state index contributed by atoms with van der Waals surface area (Å²) < 4.78 is 18.5. The van der Waals surface area contributed by atoms with Gasteiger partial charge in [-0.2, -0.15) is 0 Å². The standard InChI is InChI=1S/C9H12ClN5.C5H9FO/c1-3-5(2)8-13-7(10)6-4-12-9(11)14-15(6)8;6-5-2-1-3-7-4-5/h4-5H,3H2,1-2H3,(H2,11,14);5H,1-4H2. The Morgan fingerprint density at radius 3 is 2.91 bits per heavy atom. The first-order valence-electron chi connectivity index (χ1n) is 7.41. The van der Waals surface area contributed by atoms with Gasteiger partial charge < -0.3 is 10.5 Å². The van der Waals surface area contributed by atoms with Crippen molar-refractivity contribution in [3.05, 3.63) is 17.2 Å². The van der Waals surface area contributed by atoms with Gasteiger partial charge in [-0.1, -0.05) is 25.4 Å². The second kappa shape index (κ2) is 7.69. The number of aromatic nitrogens is 4. The molecule has 0 aliphatic carbocycles. The van der Waals surface area contributed by atoms with Crippen LogP contribution in [0.2, 0.25) is 5.15 Å². The Labute approximate surface area is 133 Å². The number of anilines is 1. The summed E-state index contributed by atoms with van der Waals surface area (Å²) in [5, 5.41) is 4.52. The first-order chi connectivity index (χ1) is 10.5. The number of fused-ring (bicyclic) bond motifs is 1. The number of nitrogens with two attached hydrogens (primary N) is 1. The molecular formula is C14H21ClFN5O. The summed E-state index contributed by atoms with van der Waals surface area (Å²) >= 11 is 5.98. The Balaban J connectivity index is 0.000000211. The zero-order valence-corrected chi connectivity index (χ0v) is 13.6. The van der Waals surface area contributed by atoms with E-state index in [9.17, 15) is 4.39 Å². The molecule has 2 N–H and O–H groups in total. The van der Waals surface area contributed by atoms with E-state index in [0.717, 1.165) is 25.3 Å². The van der Waals surface area contributed by atoms with Gasteiger partial charge in [0, 0.05) is 12.5 Å². The highest BCUT2D eigenvalue weighted by Gasteiger charge is 2.15. The Hall–Kier alpha value is -1.47. The van der Waals surface area contributed by atoms with Crippen LogP contribution in [0.5, 0.6) is 0 Å². The highest BCUT2D eigenvalue weighted by molar-refractivity contribution is 6.32. The van der Waals surface area contributed by atoms with Crippen LogP contribution in [0.25, 0.3) is 5.52 Å². The predicted octanol–water partition coefficient (Wildman–Crippen LogP) is 3.01. The molecule has 0 saturated carbocycles. The number of hydrogen-bond acceptors (Lipinski definition) is 5. The predicted molar refractivity (Wildman–Crippen MR) is 83.9 cm³/mol. The minimum absolute atomic E-state index is 0.223. The lowest BCUT2D eigenvalue weighted by atomic mass is 10.1. The SMILES string of the molecule is CCC(C)c1nc(Cl)c2cnc(N)nn12.FC1CCCOC1. The molecule has 0 bridgehead atoms. The largest absolute Gasteiger partial charge is 0.378 e. The van der Waals surface area contributed by atoms with E-state index in [1.54, 1.807) is 10.7 Å². The molecule has 6 nitrogen and oxygen atoms in total. The maximum Gasteiger partial charge on any atom is 0.238 e. The molecule has 1 saturated heterocycles. The number of halogens is 2. The van der Waals surface area contributed by atoms with E-state index in [2.05, 4.69) is 28.9 Å². The fourth-order valence-electron chi connectivity index (χ4n) is 2.09. The highest BCUT2D eigenvalue weighted by atomic mass is 35.5. The van der Waals surface area contributed by atoms with Crippen LogP contribution in [0.4, 0.5) is 10.3 Å². The monoisotopic (exact) mass is 329 g/mol. The molecule has 2 aromatic rings. The molecule has 22 heavy (non-hydrogen) atoms. The van der Waals surface area contributed by atoms with Crippen molar-refractivity contribution in [2.45, 2.75) is 45.2 Å². The topological polar surface area (TPSA) is 78.3 Å². The van der Waals surface area contributed by atoms with E-state index in [0.29, 0.717) is 29.6 Å². The van der Waals surface area contributed by atoms with Crippen LogP contribution in [0.15, 0.2) is 6.20 Å². The third-order valence-corrected chi connectivity index (χ3v) is 3.83. The van der Waals surface area contributed by atoms with E-state index in [4.69, 9.17) is 22.1 Å². The molecule has 2 aromatic heterocycles. The third kappa shape index (κ3) is 4.04. The van der Waals surface area contributed by atoms with Crippen molar-refractivity contribution >= 4 is 23.1 Å². The fraction of sp³-hybridized carbons (Fsp3) is 0.643. The van der Waals surface area contributed by atoms with Gasteiger partial charge in [-0.05, 0) is 19.3 Å². The molecule has 3 rings (SSSR count). The molecule has 1 aliphatic heterocycles. The minimum atomic E-state index is -0.686. The van der Waals surface area contributed by atoms with E-state index >= 15 is 0 Å². The van der Waals surface area contributed by atoms with Gasteiger partial charge in [0.05, 0.1) is 12.8 Å². The van der Waals surface area contributed by atoms with Gasteiger partial charge in [-0.25, -0.2) is 18.9 Å². The zero-order chi connectivity index (χ0) is 16.1. The quantitative estimate of drug-likeness (QED) is 0.916. The fourth-order valence-corrected chi connectivity index (χ4v) is 2.30. The van der Waals surface area contributed by atoms with Gasteiger partial charge in [0.2, 0.25) is 5.95 Å². The number of imidazole rings is 1. The van der Waals surface area contributed by atoms with E-state index < -0.39 is 6.17 Å². The number of nitrogen functional groups attached to an aromatic ring is 1. The molecule has 0 amide bonds. The van der Waals surface area contributed by atoms with Crippen molar-refractivity contribution in [3.63, 3.8) is 0 Å². The van der Waals surface area contributed by atoms with Crippen LogP contribution in [0.1, 0.15) is 44.9 Å². The van der Waals surface area contributed by atoms with Crippen LogP contribution in [0, 0.1) is 0 Å². The second-order valence-electron chi connectivity index (χ2n) is 5.30. The molecule has 2 atom stereocenters. The molecule has 0 aromatic carbocycles. The van der Waals surface area contributed by atoms with Crippen LogP contribution in [0.3, 0.4) is 0 Å². The van der Waals surface area contributed by atoms with Crippen LogP contribution < -0.4 is 5.73 Å². The van der Waals surface area contributed by atoms with Crippen molar-refractivity contribution in [2.24, 2.45) is 0 Å². The second-order valence-corrected chi connectivity index (χ2v) is 5.66. The van der Waals surface area contributed by atoms with Gasteiger partial charge in [0.15, 0.2) is 5.15 Å². The molecule has 3 heterocycles. The number of alkyl halides is 1. The van der Waals surface area contributed by atoms with Crippen molar-refractivity contribution in [1.82, 2.24) is 19.6 Å². The zero-order valence-electron chi connectivity index (χ0n) is 12.8. The average molecular weight is 330 g/mol.